The lowest BCUT2D eigenvalue weighted by molar-refractivity contribution is 0.412. The van der Waals surface area contributed by atoms with Crippen molar-refractivity contribution in [3.8, 4) is 46.0 Å². The van der Waals surface area contributed by atoms with Gasteiger partial charge in [-0.2, -0.15) is 0 Å². The first-order valence-corrected chi connectivity index (χ1v) is 20.6. The lowest BCUT2D eigenvalue weighted by atomic mass is 10.1. The number of ether oxygens (including phenoxy) is 4. The SMILES string of the molecule is c1ccc(S23c4ccccc4Oc4cccc(c42)Oc2cc4cc5c(cc4cc23)Oc2cccc3c2S5(c2ccccc2)c2ccccc2O3)cc1. The quantitative estimate of drug-likeness (QED) is 0.179. The maximum atomic E-state index is 6.94. The number of fused-ring (bicyclic) bond motifs is 9. The van der Waals surface area contributed by atoms with Gasteiger partial charge >= 0.3 is 0 Å². The van der Waals surface area contributed by atoms with Crippen molar-refractivity contribution in [2.24, 2.45) is 0 Å². The van der Waals surface area contributed by atoms with Crippen LogP contribution in [-0.4, -0.2) is 0 Å². The van der Waals surface area contributed by atoms with E-state index in [1.54, 1.807) is 0 Å². The molecule has 2 unspecified atom stereocenters. The molecule has 4 aliphatic heterocycles. The van der Waals surface area contributed by atoms with Crippen molar-refractivity contribution in [2.75, 3.05) is 0 Å². The average Bonchev–Trinajstić information content (AvgIpc) is 3.20. The third-order valence-corrected chi connectivity index (χ3v) is 18.5. The number of hydrogen-bond donors (Lipinski definition) is 0. The van der Waals surface area contributed by atoms with Gasteiger partial charge in [-0.25, -0.2) is 0 Å². The van der Waals surface area contributed by atoms with Gasteiger partial charge in [-0.1, -0.05) is 72.8 Å². The Bertz CT molecular complexity index is 2630. The van der Waals surface area contributed by atoms with Gasteiger partial charge in [0, 0.05) is 29.4 Å². The molecule has 0 aromatic heterocycles. The van der Waals surface area contributed by atoms with Crippen molar-refractivity contribution in [2.45, 2.75) is 39.2 Å². The molecule has 4 heterocycles. The summed E-state index contributed by atoms with van der Waals surface area (Å²) in [6, 6.07) is 60.4. The van der Waals surface area contributed by atoms with E-state index in [0.717, 1.165) is 76.4 Å². The first-order chi connectivity index (χ1) is 25.7. The van der Waals surface area contributed by atoms with Crippen molar-refractivity contribution < 1.29 is 18.9 Å². The second-order valence-electron chi connectivity index (χ2n) is 13.3. The summed E-state index contributed by atoms with van der Waals surface area (Å²) in [6.07, 6.45) is 0. The van der Waals surface area contributed by atoms with Crippen LogP contribution >= 0.6 is 20.1 Å². The molecule has 4 nitrogen and oxygen atoms in total. The van der Waals surface area contributed by atoms with Gasteiger partial charge < -0.3 is 18.9 Å². The Morgan fingerprint density at radius 1 is 0.269 bits per heavy atom. The highest BCUT2D eigenvalue weighted by Crippen LogP contribution is 2.86. The van der Waals surface area contributed by atoms with Crippen molar-refractivity contribution >= 4 is 30.8 Å². The molecule has 4 aliphatic rings. The molecule has 0 spiro atoms. The zero-order chi connectivity index (χ0) is 34.0. The largest absolute Gasteiger partial charge is 0.455 e. The van der Waals surface area contributed by atoms with Crippen molar-refractivity contribution in [1.29, 1.82) is 0 Å². The lowest BCUT2D eigenvalue weighted by Gasteiger charge is -2.49. The Morgan fingerprint density at radius 2 is 0.615 bits per heavy atom. The van der Waals surface area contributed by atoms with Gasteiger partial charge in [0.1, 0.15) is 46.0 Å². The normalized spacial score (nSPS) is 21.6. The third kappa shape index (κ3) is 3.51. The zero-order valence-corrected chi connectivity index (χ0v) is 29.2. The highest BCUT2D eigenvalue weighted by molar-refractivity contribution is 8.34. The number of hydrogen-bond acceptors (Lipinski definition) is 4. The van der Waals surface area contributed by atoms with Gasteiger partial charge in [0.05, 0.1) is 9.79 Å². The molecule has 0 N–H and O–H groups in total. The molecule has 248 valence electrons. The van der Waals surface area contributed by atoms with Gasteiger partial charge in [0.25, 0.3) is 0 Å². The molecule has 0 fully saturated rings. The Kier molecular flexibility index (Phi) is 5.64. The topological polar surface area (TPSA) is 36.9 Å². The summed E-state index contributed by atoms with van der Waals surface area (Å²) in [5.74, 6) is 6.84. The predicted molar refractivity (Wildman–Crippen MR) is 204 cm³/mol. The Hall–Kier alpha value is -6.08. The molecule has 0 saturated heterocycles. The van der Waals surface area contributed by atoms with E-state index >= 15 is 0 Å². The minimum absolute atomic E-state index is 0.835. The predicted octanol–water partition coefficient (Wildman–Crippen LogP) is 13.9. The summed E-state index contributed by atoms with van der Waals surface area (Å²) in [7, 11) is -4.01. The van der Waals surface area contributed by atoms with Crippen LogP contribution in [-0.2, 0) is 0 Å². The van der Waals surface area contributed by atoms with Crippen LogP contribution in [0.4, 0.5) is 0 Å². The van der Waals surface area contributed by atoms with Crippen molar-refractivity contribution in [3.05, 3.63) is 170 Å². The minimum atomic E-state index is -2.01. The molecule has 8 aromatic carbocycles. The lowest BCUT2D eigenvalue weighted by Crippen LogP contribution is -2.17. The summed E-state index contributed by atoms with van der Waals surface area (Å²) >= 11 is 0. The molecule has 8 aromatic rings. The summed E-state index contributed by atoms with van der Waals surface area (Å²) < 4.78 is 27.1. The van der Waals surface area contributed by atoms with E-state index in [4.69, 9.17) is 18.9 Å². The fourth-order valence-electron chi connectivity index (χ4n) is 8.54. The van der Waals surface area contributed by atoms with Crippen LogP contribution in [0.3, 0.4) is 0 Å². The van der Waals surface area contributed by atoms with Crippen molar-refractivity contribution in [3.63, 3.8) is 0 Å². The molecule has 0 bridgehead atoms. The van der Waals surface area contributed by atoms with Crippen LogP contribution in [0.5, 0.6) is 46.0 Å². The molecular formula is C46H28O4S2. The molecule has 0 radical (unpaired) electrons. The zero-order valence-electron chi connectivity index (χ0n) is 27.6. The standard InChI is InChI=1S/C46H28O4S2/c1-3-13-31(14-4-1)51-41-23-9-7-17-33(41)47-35-19-11-21-37(45(35)51)49-39-25-30-28-44-40(26-29(30)27-43(39)51)50-38-22-12-20-36-46(38)52(44,32-15-5-2-6-16-32)42-24-10-8-18-34(42)48-36/h1-28H. The fraction of sp³-hybridized carbons (Fsp3) is 0. The third-order valence-electron chi connectivity index (χ3n) is 10.6. The molecular weight excluding hydrogens is 681 g/mol. The van der Waals surface area contributed by atoms with E-state index in [0.29, 0.717) is 0 Å². The monoisotopic (exact) mass is 708 g/mol. The first kappa shape index (κ1) is 28.6. The molecule has 6 heteroatoms. The van der Waals surface area contributed by atoms with Crippen molar-refractivity contribution in [1.82, 2.24) is 0 Å². The van der Waals surface area contributed by atoms with Gasteiger partial charge in [-0.3, -0.25) is 0 Å². The summed E-state index contributed by atoms with van der Waals surface area (Å²) in [5, 5.41) is 2.19. The Labute approximate surface area is 303 Å². The summed E-state index contributed by atoms with van der Waals surface area (Å²) in [5.41, 5.74) is 0. The Morgan fingerprint density at radius 3 is 1.04 bits per heavy atom. The molecule has 52 heavy (non-hydrogen) atoms. The van der Waals surface area contributed by atoms with E-state index in [1.807, 2.05) is 12.1 Å². The first-order valence-electron chi connectivity index (χ1n) is 17.3. The van der Waals surface area contributed by atoms with Crippen LogP contribution in [0.2, 0.25) is 0 Å². The maximum Gasteiger partial charge on any atom is 0.144 e. The maximum absolute atomic E-state index is 6.94. The Balaban J connectivity index is 1.19. The smallest absolute Gasteiger partial charge is 0.144 e. The second-order valence-corrected chi connectivity index (χ2v) is 19.2. The molecule has 12 rings (SSSR count). The molecule has 0 saturated carbocycles. The molecule has 0 amide bonds. The number of benzene rings is 8. The molecule has 2 atom stereocenters. The van der Waals surface area contributed by atoms with E-state index in [-0.39, 0.29) is 0 Å². The highest BCUT2D eigenvalue weighted by Gasteiger charge is 2.49. The highest BCUT2D eigenvalue weighted by atomic mass is 32.3. The van der Waals surface area contributed by atoms with Crippen LogP contribution in [0.15, 0.2) is 209 Å². The van der Waals surface area contributed by atoms with Gasteiger partial charge in [-0.15, -0.1) is 20.1 Å². The van der Waals surface area contributed by atoms with Gasteiger partial charge in [0.15, 0.2) is 0 Å². The summed E-state index contributed by atoms with van der Waals surface area (Å²) in [6.45, 7) is 0. The second kappa shape index (κ2) is 10.3. The van der Waals surface area contributed by atoms with Crippen LogP contribution in [0.25, 0.3) is 10.8 Å². The molecule has 0 aliphatic carbocycles. The fourth-order valence-corrected chi connectivity index (χ4v) is 17.0. The minimum Gasteiger partial charge on any atom is -0.455 e. The van der Waals surface area contributed by atoms with E-state index in [2.05, 4.69) is 158 Å². The number of rotatable bonds is 2. The van der Waals surface area contributed by atoms with E-state index in [9.17, 15) is 0 Å². The van der Waals surface area contributed by atoms with E-state index < -0.39 is 20.1 Å². The van der Waals surface area contributed by atoms with Crippen LogP contribution in [0.1, 0.15) is 0 Å². The van der Waals surface area contributed by atoms with Crippen LogP contribution < -0.4 is 18.9 Å². The summed E-state index contributed by atoms with van der Waals surface area (Å²) in [4.78, 5) is 9.35. The van der Waals surface area contributed by atoms with E-state index in [1.165, 1.54) is 19.6 Å². The van der Waals surface area contributed by atoms with Gasteiger partial charge in [0.2, 0.25) is 0 Å². The van der Waals surface area contributed by atoms with Gasteiger partial charge in [-0.05, 0) is 108 Å². The average molecular weight is 709 g/mol. The van der Waals surface area contributed by atoms with Crippen LogP contribution in [0, 0.1) is 0 Å². The number of para-hydroxylation sites is 2.